The Morgan fingerprint density at radius 3 is 2.23 bits per heavy atom. The normalized spacial score (nSPS) is 13.6. The largest absolute Gasteiger partial charge is 0.490 e. The first-order chi connectivity index (χ1) is 16.9. The predicted octanol–water partition coefficient (Wildman–Crippen LogP) is 8.88. The van der Waals surface area contributed by atoms with Gasteiger partial charge in [0.25, 0.3) is 0 Å². The van der Waals surface area contributed by atoms with Gasteiger partial charge in [-0.05, 0) is 68.1 Å². The number of nitrogens with zero attached hydrogens (tertiary/aromatic N) is 1. The van der Waals surface area contributed by atoms with Crippen LogP contribution in [0.15, 0.2) is 48.5 Å². The van der Waals surface area contributed by atoms with Gasteiger partial charge in [-0.3, -0.25) is 0 Å². The van der Waals surface area contributed by atoms with Gasteiger partial charge in [0.15, 0.2) is 11.5 Å². The summed E-state index contributed by atoms with van der Waals surface area (Å²) in [4.78, 5) is 2.36. The summed E-state index contributed by atoms with van der Waals surface area (Å²) in [6, 6.07) is 15.1. The maximum Gasteiger partial charge on any atom is 0.163 e. The van der Waals surface area contributed by atoms with E-state index in [0.29, 0.717) is 39.7 Å². The SMILES string of the molecule is CCOc1cc(CNc2ccc(N3CCCCC3)c(Cl)c2)c(Cl)cc1OCc1ccc(Cl)cc1Cl. The highest BCUT2D eigenvalue weighted by Crippen LogP contribution is 2.36. The topological polar surface area (TPSA) is 33.7 Å². The molecule has 0 atom stereocenters. The van der Waals surface area contributed by atoms with Gasteiger partial charge in [0.2, 0.25) is 0 Å². The second-order valence-electron chi connectivity index (χ2n) is 8.42. The fourth-order valence-corrected chi connectivity index (χ4v) is 5.08. The van der Waals surface area contributed by atoms with E-state index < -0.39 is 0 Å². The molecule has 4 rings (SSSR count). The van der Waals surface area contributed by atoms with Crippen LogP contribution in [0, 0.1) is 0 Å². The van der Waals surface area contributed by atoms with E-state index in [0.717, 1.165) is 40.6 Å². The first-order valence-corrected chi connectivity index (χ1v) is 13.3. The molecular weight excluding hydrogens is 526 g/mol. The molecule has 3 aromatic rings. The lowest BCUT2D eigenvalue weighted by atomic mass is 10.1. The van der Waals surface area contributed by atoms with E-state index in [2.05, 4.69) is 22.3 Å². The van der Waals surface area contributed by atoms with Gasteiger partial charge in [-0.1, -0.05) is 52.5 Å². The predicted molar refractivity (Wildman–Crippen MR) is 148 cm³/mol. The van der Waals surface area contributed by atoms with Crippen LogP contribution in [-0.4, -0.2) is 19.7 Å². The lowest BCUT2D eigenvalue weighted by molar-refractivity contribution is 0.269. The van der Waals surface area contributed by atoms with Crippen molar-refractivity contribution in [3.8, 4) is 11.5 Å². The molecule has 0 spiro atoms. The van der Waals surface area contributed by atoms with E-state index in [1.165, 1.54) is 19.3 Å². The van der Waals surface area contributed by atoms with Crippen molar-refractivity contribution < 1.29 is 9.47 Å². The molecule has 1 aliphatic rings. The number of ether oxygens (including phenoxy) is 2. The molecule has 0 unspecified atom stereocenters. The standard InChI is InChI=1S/C27H28Cl4N2O2/c1-2-34-26-12-19(23(30)15-27(26)35-17-18-6-7-20(28)13-22(18)29)16-32-21-8-9-25(24(31)14-21)33-10-4-3-5-11-33/h6-9,12-15,32H,2-5,10-11,16-17H2,1H3. The summed E-state index contributed by atoms with van der Waals surface area (Å²) in [6.07, 6.45) is 3.71. The van der Waals surface area contributed by atoms with Gasteiger partial charge in [0, 0.05) is 52.0 Å². The number of nitrogens with one attached hydrogen (secondary N) is 1. The number of rotatable bonds is 9. The zero-order valence-electron chi connectivity index (χ0n) is 19.6. The zero-order chi connectivity index (χ0) is 24.8. The molecular formula is C27H28Cl4N2O2. The van der Waals surface area contributed by atoms with E-state index in [4.69, 9.17) is 55.9 Å². The van der Waals surface area contributed by atoms with Gasteiger partial charge in [-0.2, -0.15) is 0 Å². The quantitative estimate of drug-likeness (QED) is 0.287. The smallest absolute Gasteiger partial charge is 0.163 e. The van der Waals surface area contributed by atoms with E-state index in [1.54, 1.807) is 18.2 Å². The van der Waals surface area contributed by atoms with Gasteiger partial charge in [-0.25, -0.2) is 0 Å². The molecule has 0 saturated carbocycles. The Labute approximate surface area is 227 Å². The van der Waals surface area contributed by atoms with Crippen LogP contribution in [0.25, 0.3) is 0 Å². The van der Waals surface area contributed by atoms with Gasteiger partial charge in [-0.15, -0.1) is 0 Å². The third-order valence-electron chi connectivity index (χ3n) is 5.94. The Morgan fingerprint density at radius 2 is 1.51 bits per heavy atom. The maximum atomic E-state index is 6.61. The zero-order valence-corrected chi connectivity index (χ0v) is 22.6. The van der Waals surface area contributed by atoms with Crippen LogP contribution < -0.4 is 19.7 Å². The number of anilines is 2. The maximum absolute atomic E-state index is 6.61. The Bertz CT molecular complexity index is 1170. The summed E-state index contributed by atoms with van der Waals surface area (Å²) in [5.74, 6) is 1.18. The van der Waals surface area contributed by atoms with Gasteiger partial charge in [0.05, 0.1) is 17.3 Å². The first-order valence-electron chi connectivity index (χ1n) is 11.7. The van der Waals surface area contributed by atoms with E-state index in [1.807, 2.05) is 25.1 Å². The van der Waals surface area contributed by atoms with E-state index >= 15 is 0 Å². The van der Waals surface area contributed by atoms with Crippen LogP contribution in [0.2, 0.25) is 20.1 Å². The molecule has 35 heavy (non-hydrogen) atoms. The molecule has 1 aliphatic heterocycles. The Balaban J connectivity index is 1.45. The van der Waals surface area contributed by atoms with Crippen LogP contribution >= 0.6 is 46.4 Å². The number of hydrogen-bond acceptors (Lipinski definition) is 4. The number of halogens is 4. The van der Waals surface area contributed by atoms with Crippen molar-refractivity contribution in [1.82, 2.24) is 0 Å². The monoisotopic (exact) mass is 552 g/mol. The second kappa shape index (κ2) is 12.3. The molecule has 1 saturated heterocycles. The van der Waals surface area contributed by atoms with Crippen molar-refractivity contribution in [2.75, 3.05) is 29.9 Å². The van der Waals surface area contributed by atoms with Crippen molar-refractivity contribution in [2.24, 2.45) is 0 Å². The average molecular weight is 554 g/mol. The molecule has 3 aromatic carbocycles. The molecule has 0 amide bonds. The molecule has 0 aliphatic carbocycles. The summed E-state index contributed by atoms with van der Waals surface area (Å²) in [7, 11) is 0. The highest BCUT2D eigenvalue weighted by atomic mass is 35.5. The summed E-state index contributed by atoms with van der Waals surface area (Å²) in [6.45, 7) is 5.33. The molecule has 0 radical (unpaired) electrons. The number of benzene rings is 3. The van der Waals surface area contributed by atoms with Crippen molar-refractivity contribution in [3.63, 3.8) is 0 Å². The first kappa shape index (κ1) is 26.1. The molecule has 1 heterocycles. The van der Waals surface area contributed by atoms with Crippen LogP contribution in [-0.2, 0) is 13.2 Å². The summed E-state index contributed by atoms with van der Waals surface area (Å²) < 4.78 is 11.8. The Hall–Kier alpha value is -1.98. The number of piperidine rings is 1. The van der Waals surface area contributed by atoms with Crippen LogP contribution in [0.4, 0.5) is 11.4 Å². The summed E-state index contributed by atoms with van der Waals surface area (Å²) in [5.41, 5.74) is 3.74. The van der Waals surface area contributed by atoms with Gasteiger partial charge < -0.3 is 19.7 Å². The van der Waals surface area contributed by atoms with Crippen molar-refractivity contribution in [3.05, 3.63) is 79.7 Å². The second-order valence-corrected chi connectivity index (χ2v) is 10.1. The summed E-state index contributed by atoms with van der Waals surface area (Å²) >= 11 is 25.5. The minimum Gasteiger partial charge on any atom is -0.490 e. The van der Waals surface area contributed by atoms with Crippen molar-refractivity contribution in [1.29, 1.82) is 0 Å². The van der Waals surface area contributed by atoms with Crippen LogP contribution in [0.1, 0.15) is 37.3 Å². The minimum atomic E-state index is 0.270. The Morgan fingerprint density at radius 1 is 0.771 bits per heavy atom. The van der Waals surface area contributed by atoms with Crippen molar-refractivity contribution in [2.45, 2.75) is 39.3 Å². The van der Waals surface area contributed by atoms with Gasteiger partial charge >= 0.3 is 0 Å². The molecule has 1 fully saturated rings. The van der Waals surface area contributed by atoms with Crippen LogP contribution in [0.5, 0.6) is 11.5 Å². The molecule has 0 bridgehead atoms. The molecule has 1 N–H and O–H groups in total. The fraction of sp³-hybridized carbons (Fsp3) is 0.333. The third kappa shape index (κ3) is 6.83. The van der Waals surface area contributed by atoms with Crippen molar-refractivity contribution >= 4 is 57.8 Å². The average Bonchev–Trinajstić information content (AvgIpc) is 2.84. The minimum absolute atomic E-state index is 0.270. The highest BCUT2D eigenvalue weighted by molar-refractivity contribution is 6.35. The van der Waals surface area contributed by atoms with E-state index in [-0.39, 0.29) is 6.61 Å². The molecule has 4 nitrogen and oxygen atoms in total. The Kier molecular flexibility index (Phi) is 9.18. The number of hydrogen-bond donors (Lipinski definition) is 1. The van der Waals surface area contributed by atoms with Crippen LogP contribution in [0.3, 0.4) is 0 Å². The molecule has 0 aromatic heterocycles. The third-order valence-corrected chi connectivity index (χ3v) is 7.18. The fourth-order valence-electron chi connectivity index (χ4n) is 4.09. The lowest BCUT2D eigenvalue weighted by Gasteiger charge is -2.29. The van der Waals surface area contributed by atoms with E-state index in [9.17, 15) is 0 Å². The molecule has 8 heteroatoms. The van der Waals surface area contributed by atoms with Gasteiger partial charge in [0.1, 0.15) is 6.61 Å². The summed E-state index contributed by atoms with van der Waals surface area (Å²) in [5, 5.41) is 5.88. The highest BCUT2D eigenvalue weighted by Gasteiger charge is 2.15. The molecule has 186 valence electrons. The lowest BCUT2D eigenvalue weighted by Crippen LogP contribution is -2.29.